The molecular weight excluding hydrogens is 324 g/mol. The number of rotatable bonds is 6. The van der Waals surface area contributed by atoms with E-state index in [1.165, 1.54) is 6.26 Å². The molecule has 7 heteroatoms. The van der Waals surface area contributed by atoms with E-state index in [9.17, 15) is 9.59 Å². The summed E-state index contributed by atoms with van der Waals surface area (Å²) in [6, 6.07) is 12.9. The van der Waals surface area contributed by atoms with Crippen LogP contribution in [0.5, 0.6) is 0 Å². The summed E-state index contributed by atoms with van der Waals surface area (Å²) in [6.45, 7) is 1.49. The zero-order valence-corrected chi connectivity index (χ0v) is 13.5. The number of amides is 1. The van der Waals surface area contributed by atoms with Gasteiger partial charge in [0.15, 0.2) is 5.76 Å². The lowest BCUT2D eigenvalue weighted by Gasteiger charge is -2.12. The zero-order valence-electron chi connectivity index (χ0n) is 13.5. The Balaban J connectivity index is 1.51. The SMILES string of the molecule is C[C@H](NC(=O)c1ccccc1)C(=O)OCc1cc(-c2ccco2)on1. The summed E-state index contributed by atoms with van der Waals surface area (Å²) < 4.78 is 15.5. The second kappa shape index (κ2) is 7.48. The van der Waals surface area contributed by atoms with E-state index in [1.54, 1.807) is 49.4 Å². The predicted octanol–water partition coefficient (Wildman–Crippen LogP) is 2.80. The summed E-state index contributed by atoms with van der Waals surface area (Å²) >= 11 is 0. The van der Waals surface area contributed by atoms with Crippen LogP contribution >= 0.6 is 0 Å². The van der Waals surface area contributed by atoms with Crippen LogP contribution in [0.4, 0.5) is 0 Å². The molecule has 0 spiro atoms. The molecule has 0 fully saturated rings. The van der Waals surface area contributed by atoms with Crippen molar-refractivity contribution in [3.05, 3.63) is 66.1 Å². The number of hydrogen-bond acceptors (Lipinski definition) is 6. The van der Waals surface area contributed by atoms with Crippen molar-refractivity contribution in [2.45, 2.75) is 19.6 Å². The van der Waals surface area contributed by atoms with E-state index in [2.05, 4.69) is 10.5 Å². The van der Waals surface area contributed by atoms with E-state index in [-0.39, 0.29) is 12.5 Å². The van der Waals surface area contributed by atoms with Crippen molar-refractivity contribution in [3.8, 4) is 11.5 Å². The molecule has 2 heterocycles. The Bertz CT molecular complexity index is 840. The van der Waals surface area contributed by atoms with Crippen molar-refractivity contribution < 1.29 is 23.3 Å². The number of benzene rings is 1. The van der Waals surface area contributed by atoms with E-state index >= 15 is 0 Å². The Morgan fingerprint density at radius 3 is 2.68 bits per heavy atom. The van der Waals surface area contributed by atoms with E-state index < -0.39 is 12.0 Å². The van der Waals surface area contributed by atoms with Crippen molar-refractivity contribution >= 4 is 11.9 Å². The molecule has 7 nitrogen and oxygen atoms in total. The van der Waals surface area contributed by atoms with Gasteiger partial charge in [-0.3, -0.25) is 4.79 Å². The minimum atomic E-state index is -0.788. The Hall–Kier alpha value is -3.35. The molecule has 1 aromatic carbocycles. The second-order valence-corrected chi connectivity index (χ2v) is 5.33. The number of aromatic nitrogens is 1. The van der Waals surface area contributed by atoms with Gasteiger partial charge in [-0.1, -0.05) is 23.4 Å². The maximum absolute atomic E-state index is 12.0. The quantitative estimate of drug-likeness (QED) is 0.693. The number of nitrogens with one attached hydrogen (secondary N) is 1. The van der Waals surface area contributed by atoms with Gasteiger partial charge in [-0.2, -0.15) is 0 Å². The van der Waals surface area contributed by atoms with E-state index in [0.717, 1.165) is 0 Å². The number of hydrogen-bond donors (Lipinski definition) is 1. The van der Waals surface area contributed by atoms with Gasteiger partial charge in [0.25, 0.3) is 5.91 Å². The molecule has 0 bridgehead atoms. The van der Waals surface area contributed by atoms with Crippen LogP contribution in [0.25, 0.3) is 11.5 Å². The van der Waals surface area contributed by atoms with E-state index in [4.69, 9.17) is 13.7 Å². The molecule has 2 aromatic heterocycles. The van der Waals surface area contributed by atoms with E-state index in [0.29, 0.717) is 22.8 Å². The number of carbonyl (C=O) groups is 2. The van der Waals surface area contributed by atoms with Crippen LogP contribution in [-0.2, 0) is 16.1 Å². The molecule has 1 N–H and O–H groups in total. The van der Waals surface area contributed by atoms with Crippen LogP contribution in [0.1, 0.15) is 23.0 Å². The summed E-state index contributed by atoms with van der Waals surface area (Å²) in [5.41, 5.74) is 0.920. The summed E-state index contributed by atoms with van der Waals surface area (Å²) in [6.07, 6.45) is 1.52. The largest absolute Gasteiger partial charge is 0.461 e. The minimum absolute atomic E-state index is 0.0609. The van der Waals surface area contributed by atoms with Gasteiger partial charge < -0.3 is 19.0 Å². The molecule has 0 radical (unpaired) electrons. The van der Waals surface area contributed by atoms with Crippen molar-refractivity contribution in [2.24, 2.45) is 0 Å². The fourth-order valence-electron chi connectivity index (χ4n) is 2.11. The Kier molecular flexibility index (Phi) is 4.94. The first-order valence-electron chi connectivity index (χ1n) is 7.65. The lowest BCUT2D eigenvalue weighted by molar-refractivity contribution is -0.146. The predicted molar refractivity (Wildman–Crippen MR) is 87.4 cm³/mol. The Morgan fingerprint density at radius 1 is 1.16 bits per heavy atom. The monoisotopic (exact) mass is 340 g/mol. The van der Waals surface area contributed by atoms with Crippen molar-refractivity contribution in [1.29, 1.82) is 0 Å². The lowest BCUT2D eigenvalue weighted by Crippen LogP contribution is -2.39. The lowest BCUT2D eigenvalue weighted by atomic mass is 10.2. The highest BCUT2D eigenvalue weighted by Gasteiger charge is 2.19. The smallest absolute Gasteiger partial charge is 0.328 e. The van der Waals surface area contributed by atoms with Gasteiger partial charge in [0.1, 0.15) is 18.3 Å². The number of ether oxygens (including phenoxy) is 1. The average Bonchev–Trinajstić information content (AvgIpc) is 3.31. The molecular formula is C18H16N2O5. The van der Waals surface area contributed by atoms with Crippen molar-refractivity contribution in [2.75, 3.05) is 0 Å². The number of furan rings is 1. The summed E-state index contributed by atoms with van der Waals surface area (Å²) in [5, 5.41) is 6.40. The van der Waals surface area contributed by atoms with Gasteiger partial charge >= 0.3 is 5.97 Å². The van der Waals surface area contributed by atoms with Crippen molar-refractivity contribution in [3.63, 3.8) is 0 Å². The number of esters is 1. The van der Waals surface area contributed by atoms with Gasteiger partial charge in [0.05, 0.1) is 6.26 Å². The molecule has 25 heavy (non-hydrogen) atoms. The van der Waals surface area contributed by atoms with Gasteiger partial charge in [-0.15, -0.1) is 0 Å². The molecule has 128 valence electrons. The first-order chi connectivity index (χ1) is 12.1. The average molecular weight is 340 g/mol. The minimum Gasteiger partial charge on any atom is -0.461 e. The molecule has 3 rings (SSSR count). The van der Waals surface area contributed by atoms with E-state index in [1.807, 2.05) is 6.07 Å². The number of carbonyl (C=O) groups excluding carboxylic acids is 2. The van der Waals surface area contributed by atoms with Gasteiger partial charge in [-0.05, 0) is 31.2 Å². The summed E-state index contributed by atoms with van der Waals surface area (Å²) in [5.74, 6) is 0.0773. The second-order valence-electron chi connectivity index (χ2n) is 5.33. The molecule has 0 unspecified atom stereocenters. The highest BCUT2D eigenvalue weighted by Crippen LogP contribution is 2.20. The molecule has 1 amide bonds. The van der Waals surface area contributed by atoms with Crippen LogP contribution in [0, 0.1) is 0 Å². The highest BCUT2D eigenvalue weighted by molar-refractivity contribution is 5.96. The first-order valence-corrected chi connectivity index (χ1v) is 7.65. The molecule has 0 saturated carbocycles. The third-order valence-electron chi connectivity index (χ3n) is 3.42. The zero-order chi connectivity index (χ0) is 17.6. The molecule has 1 atom stereocenters. The molecule has 0 aliphatic rings. The fourth-order valence-corrected chi connectivity index (χ4v) is 2.11. The topological polar surface area (TPSA) is 94.6 Å². The fraction of sp³-hybridized carbons (Fsp3) is 0.167. The third-order valence-corrected chi connectivity index (χ3v) is 3.42. The van der Waals surface area contributed by atoms with Crippen LogP contribution in [0.2, 0.25) is 0 Å². The number of nitrogens with zero attached hydrogens (tertiary/aromatic N) is 1. The normalized spacial score (nSPS) is 11.7. The van der Waals surface area contributed by atoms with Gasteiger partial charge in [-0.25, -0.2) is 4.79 Å². The molecule has 0 saturated heterocycles. The van der Waals surface area contributed by atoms with Crippen LogP contribution in [0.3, 0.4) is 0 Å². The van der Waals surface area contributed by atoms with Crippen LogP contribution < -0.4 is 5.32 Å². The summed E-state index contributed by atoms with van der Waals surface area (Å²) in [4.78, 5) is 24.0. The third kappa shape index (κ3) is 4.14. The Morgan fingerprint density at radius 2 is 1.96 bits per heavy atom. The Labute approximate surface area is 143 Å². The molecule has 0 aliphatic heterocycles. The first kappa shape index (κ1) is 16.5. The maximum Gasteiger partial charge on any atom is 0.328 e. The maximum atomic E-state index is 12.0. The molecule has 3 aromatic rings. The van der Waals surface area contributed by atoms with Crippen LogP contribution in [0.15, 0.2) is 63.7 Å². The van der Waals surface area contributed by atoms with Gasteiger partial charge in [0, 0.05) is 11.6 Å². The highest BCUT2D eigenvalue weighted by atomic mass is 16.5. The van der Waals surface area contributed by atoms with Crippen molar-refractivity contribution in [1.82, 2.24) is 10.5 Å². The van der Waals surface area contributed by atoms with Gasteiger partial charge in [0.2, 0.25) is 5.76 Å². The standard InChI is InChI=1S/C18H16N2O5/c1-12(19-17(21)13-6-3-2-4-7-13)18(22)24-11-14-10-16(25-20-14)15-8-5-9-23-15/h2-10,12H,11H2,1H3,(H,19,21)/t12-/m0/s1. The summed E-state index contributed by atoms with van der Waals surface area (Å²) in [7, 11) is 0. The molecule has 0 aliphatic carbocycles. The van der Waals surface area contributed by atoms with Crippen LogP contribution in [-0.4, -0.2) is 23.1 Å².